The molecule has 1 atom stereocenters. The summed E-state index contributed by atoms with van der Waals surface area (Å²) in [7, 11) is 0. The minimum absolute atomic E-state index is 0.644. The lowest BCUT2D eigenvalue weighted by Crippen LogP contribution is -1.88. The standard InChI is InChI=1S/C7H9/c1-7-5-3-2-4-6-7/h2-4,7H,5H2,1H3. The van der Waals surface area contributed by atoms with E-state index in [-0.39, 0.29) is 0 Å². The lowest BCUT2D eigenvalue weighted by Gasteiger charge is -2.01. The van der Waals surface area contributed by atoms with Crippen LogP contribution in [0, 0.1) is 12.0 Å². The molecule has 1 unspecified atom stereocenters. The van der Waals surface area contributed by atoms with Crippen LogP contribution in [0.4, 0.5) is 0 Å². The highest BCUT2D eigenvalue weighted by molar-refractivity contribution is 5.05. The highest BCUT2D eigenvalue weighted by Crippen LogP contribution is 2.07. The lowest BCUT2D eigenvalue weighted by atomic mass is 10.0. The molecule has 1 rings (SSSR count). The molecule has 0 bridgehead atoms. The predicted molar refractivity (Wildman–Crippen MR) is 30.7 cm³/mol. The van der Waals surface area contributed by atoms with E-state index in [9.17, 15) is 0 Å². The summed E-state index contributed by atoms with van der Waals surface area (Å²) in [5, 5.41) is 0. The van der Waals surface area contributed by atoms with Crippen molar-refractivity contribution >= 4 is 0 Å². The number of hydrogen-bond donors (Lipinski definition) is 0. The molecule has 1 aliphatic rings. The summed E-state index contributed by atoms with van der Waals surface area (Å²) in [4.78, 5) is 0. The Balaban J connectivity index is 2.49. The molecule has 0 heteroatoms. The van der Waals surface area contributed by atoms with Gasteiger partial charge in [-0.15, -0.1) is 0 Å². The Kier molecular flexibility index (Phi) is 1.30. The van der Waals surface area contributed by atoms with Crippen LogP contribution >= 0.6 is 0 Å². The van der Waals surface area contributed by atoms with Gasteiger partial charge in [0.15, 0.2) is 0 Å². The highest BCUT2D eigenvalue weighted by atomic mass is 14.0. The van der Waals surface area contributed by atoms with Crippen LogP contribution in [0.5, 0.6) is 0 Å². The fraction of sp³-hybridized carbons (Fsp3) is 0.429. The van der Waals surface area contributed by atoms with Crippen LogP contribution < -0.4 is 0 Å². The lowest BCUT2D eigenvalue weighted by molar-refractivity contribution is 0.715. The van der Waals surface area contributed by atoms with E-state index < -0.39 is 0 Å². The first kappa shape index (κ1) is 4.63. The summed E-state index contributed by atoms with van der Waals surface area (Å²) in [6.45, 7) is 2.17. The molecule has 0 nitrogen and oxygen atoms in total. The van der Waals surface area contributed by atoms with Gasteiger partial charge in [0.05, 0.1) is 0 Å². The summed E-state index contributed by atoms with van der Waals surface area (Å²) >= 11 is 0. The van der Waals surface area contributed by atoms with Crippen LogP contribution in [0.3, 0.4) is 0 Å². The van der Waals surface area contributed by atoms with Gasteiger partial charge < -0.3 is 0 Å². The average molecular weight is 93.1 g/mol. The minimum Gasteiger partial charge on any atom is -0.0839 e. The summed E-state index contributed by atoms with van der Waals surface area (Å²) in [5.74, 6) is 0.644. The second-order valence-electron chi connectivity index (χ2n) is 1.90. The fourth-order valence-electron chi connectivity index (χ4n) is 0.639. The Morgan fingerprint density at radius 3 is 2.86 bits per heavy atom. The summed E-state index contributed by atoms with van der Waals surface area (Å²) < 4.78 is 0. The van der Waals surface area contributed by atoms with Crippen LogP contribution in [0.1, 0.15) is 13.3 Å². The molecular weight excluding hydrogens is 84.1 g/mol. The molecule has 0 heterocycles. The van der Waals surface area contributed by atoms with E-state index in [1.807, 2.05) is 12.2 Å². The molecule has 0 amide bonds. The molecule has 0 N–H and O–H groups in total. The smallest absolute Gasteiger partial charge is 0.0153 e. The van der Waals surface area contributed by atoms with Gasteiger partial charge in [-0.05, 0) is 18.4 Å². The molecule has 0 aromatic carbocycles. The molecule has 0 saturated heterocycles. The van der Waals surface area contributed by atoms with Crippen molar-refractivity contribution < 1.29 is 0 Å². The number of hydrogen-bond acceptors (Lipinski definition) is 0. The second kappa shape index (κ2) is 1.97. The van der Waals surface area contributed by atoms with Crippen LogP contribution in [0.2, 0.25) is 0 Å². The Bertz CT molecular complexity index is 98.6. The Labute approximate surface area is 44.5 Å². The third-order valence-electron chi connectivity index (χ3n) is 1.10. The quantitative estimate of drug-likeness (QED) is 0.429. The van der Waals surface area contributed by atoms with Gasteiger partial charge in [-0.2, -0.15) is 0 Å². The molecular formula is C7H9. The molecule has 1 aliphatic carbocycles. The van der Waals surface area contributed by atoms with E-state index in [0.717, 1.165) is 6.42 Å². The van der Waals surface area contributed by atoms with Gasteiger partial charge >= 0.3 is 0 Å². The third-order valence-corrected chi connectivity index (χ3v) is 1.10. The minimum atomic E-state index is 0.644. The molecule has 0 aromatic heterocycles. The molecule has 1 radical (unpaired) electrons. The first-order valence-electron chi connectivity index (χ1n) is 2.64. The largest absolute Gasteiger partial charge is 0.0839 e. The van der Waals surface area contributed by atoms with E-state index in [2.05, 4.69) is 19.1 Å². The van der Waals surface area contributed by atoms with Gasteiger partial charge in [-0.25, -0.2) is 0 Å². The summed E-state index contributed by atoms with van der Waals surface area (Å²) in [6.07, 6.45) is 10.5. The monoisotopic (exact) mass is 93.1 g/mol. The number of allylic oxidation sites excluding steroid dienone is 4. The van der Waals surface area contributed by atoms with Crippen molar-refractivity contribution in [1.29, 1.82) is 0 Å². The predicted octanol–water partition coefficient (Wildman–Crippen LogP) is 1.94. The fourth-order valence-corrected chi connectivity index (χ4v) is 0.639. The van der Waals surface area contributed by atoms with Crippen LogP contribution in [0.15, 0.2) is 18.2 Å². The zero-order valence-electron chi connectivity index (χ0n) is 4.52. The highest BCUT2D eigenvalue weighted by Gasteiger charge is 1.94. The summed E-state index contributed by atoms with van der Waals surface area (Å²) in [6, 6.07) is 0. The molecule has 0 aromatic rings. The SMILES string of the molecule is CC1[C]=CC=CC1. The van der Waals surface area contributed by atoms with Gasteiger partial charge in [-0.1, -0.05) is 25.2 Å². The van der Waals surface area contributed by atoms with Crippen LogP contribution in [0.25, 0.3) is 0 Å². The maximum atomic E-state index is 3.17. The van der Waals surface area contributed by atoms with Crippen molar-refractivity contribution in [3.8, 4) is 0 Å². The Hall–Kier alpha value is -0.520. The van der Waals surface area contributed by atoms with E-state index in [0.29, 0.717) is 5.92 Å². The maximum absolute atomic E-state index is 3.17. The van der Waals surface area contributed by atoms with E-state index in [1.165, 1.54) is 0 Å². The van der Waals surface area contributed by atoms with Crippen molar-refractivity contribution in [2.24, 2.45) is 5.92 Å². The van der Waals surface area contributed by atoms with Crippen molar-refractivity contribution in [2.75, 3.05) is 0 Å². The van der Waals surface area contributed by atoms with Crippen LogP contribution in [-0.2, 0) is 0 Å². The van der Waals surface area contributed by atoms with E-state index in [4.69, 9.17) is 0 Å². The zero-order chi connectivity index (χ0) is 5.11. The first-order valence-corrected chi connectivity index (χ1v) is 2.64. The van der Waals surface area contributed by atoms with Gasteiger partial charge in [0, 0.05) is 0 Å². The molecule has 0 aliphatic heterocycles. The van der Waals surface area contributed by atoms with E-state index in [1.54, 1.807) is 0 Å². The molecule has 0 spiro atoms. The Morgan fingerprint density at radius 2 is 2.57 bits per heavy atom. The molecule has 0 fully saturated rings. The van der Waals surface area contributed by atoms with Crippen molar-refractivity contribution in [2.45, 2.75) is 13.3 Å². The first-order chi connectivity index (χ1) is 3.39. The number of rotatable bonds is 0. The molecule has 0 saturated carbocycles. The molecule has 37 valence electrons. The summed E-state index contributed by atoms with van der Waals surface area (Å²) in [5.41, 5.74) is 0. The maximum Gasteiger partial charge on any atom is -0.0153 e. The van der Waals surface area contributed by atoms with Crippen LogP contribution in [-0.4, -0.2) is 0 Å². The van der Waals surface area contributed by atoms with Crippen molar-refractivity contribution in [3.05, 3.63) is 24.3 Å². The van der Waals surface area contributed by atoms with E-state index >= 15 is 0 Å². The second-order valence-corrected chi connectivity index (χ2v) is 1.90. The van der Waals surface area contributed by atoms with Gasteiger partial charge in [-0.3, -0.25) is 0 Å². The Morgan fingerprint density at radius 1 is 1.71 bits per heavy atom. The average Bonchev–Trinajstić information content (AvgIpc) is 1.69. The molecule has 7 heavy (non-hydrogen) atoms. The van der Waals surface area contributed by atoms with Gasteiger partial charge in [0.2, 0.25) is 0 Å². The van der Waals surface area contributed by atoms with Crippen molar-refractivity contribution in [1.82, 2.24) is 0 Å². The third kappa shape index (κ3) is 1.19. The van der Waals surface area contributed by atoms with Crippen molar-refractivity contribution in [3.63, 3.8) is 0 Å². The zero-order valence-corrected chi connectivity index (χ0v) is 4.52. The topological polar surface area (TPSA) is 0 Å². The normalized spacial score (nSPS) is 28.4. The van der Waals surface area contributed by atoms with Gasteiger partial charge in [0.1, 0.15) is 0 Å². The van der Waals surface area contributed by atoms with Gasteiger partial charge in [0.25, 0.3) is 0 Å².